The second-order valence-electron chi connectivity index (χ2n) is 13.9. The highest BCUT2D eigenvalue weighted by molar-refractivity contribution is 4.98. The Morgan fingerprint density at radius 1 is 0.268 bits per heavy atom. The van der Waals surface area contributed by atoms with Gasteiger partial charge in [0.05, 0.1) is 33.0 Å². The van der Waals surface area contributed by atoms with Gasteiger partial charge in [-0.25, -0.2) is 0 Å². The van der Waals surface area contributed by atoms with Gasteiger partial charge in [0.1, 0.15) is 122 Å². The maximum absolute atomic E-state index is 11.3. The van der Waals surface area contributed by atoms with Crippen LogP contribution < -0.4 is 0 Å². The topological polar surface area (TPSA) is 427 Å². The van der Waals surface area contributed by atoms with Crippen LogP contribution in [0.1, 0.15) is 0 Å². The van der Waals surface area contributed by atoms with E-state index in [2.05, 4.69) is 0 Å². The molecule has 1 unspecified atom stereocenters. The minimum absolute atomic E-state index is 0.833. The van der Waals surface area contributed by atoms with Crippen molar-refractivity contribution >= 4 is 0 Å². The summed E-state index contributed by atoms with van der Waals surface area (Å²) >= 11 is 0. The van der Waals surface area contributed by atoms with Crippen molar-refractivity contribution in [3.63, 3.8) is 0 Å². The quantitative estimate of drug-likeness (QED) is 0.0819. The summed E-state index contributed by atoms with van der Waals surface area (Å²) in [7, 11) is 0. The summed E-state index contributed by atoms with van der Waals surface area (Å²) in [5.74, 6) is 0. The smallest absolute Gasteiger partial charge is 0.187 e. The Kier molecular flexibility index (Phi) is 16.1. The lowest BCUT2D eigenvalue weighted by Gasteiger charge is -2.50. The second-order valence-corrected chi connectivity index (χ2v) is 13.9. The number of aliphatic hydroxyl groups is 17. The third kappa shape index (κ3) is 9.16. The predicted octanol–water partition coefficient (Wildman–Crippen LogP) is -11.9. The molecule has 25 atom stereocenters. The molecule has 5 rings (SSSR count). The third-order valence-electron chi connectivity index (χ3n) is 10.3. The van der Waals surface area contributed by atoms with Crippen molar-refractivity contribution in [2.75, 3.05) is 33.0 Å². The molecule has 26 nitrogen and oxygen atoms in total. The van der Waals surface area contributed by atoms with Crippen molar-refractivity contribution in [1.29, 1.82) is 0 Å². The molecule has 5 aliphatic heterocycles. The minimum Gasteiger partial charge on any atom is -0.394 e. The van der Waals surface area contributed by atoms with E-state index < -0.39 is 187 Å². The molecule has 5 heterocycles. The van der Waals surface area contributed by atoms with Gasteiger partial charge in [0.25, 0.3) is 0 Å². The highest BCUT2D eigenvalue weighted by Gasteiger charge is 2.57. The van der Waals surface area contributed by atoms with Crippen LogP contribution in [0.2, 0.25) is 0 Å². The zero-order valence-electron chi connectivity index (χ0n) is 29.2. The molecule has 0 spiro atoms. The predicted molar refractivity (Wildman–Crippen MR) is 167 cm³/mol. The number of rotatable bonds is 13. The van der Waals surface area contributed by atoms with E-state index in [4.69, 9.17) is 42.6 Å². The maximum Gasteiger partial charge on any atom is 0.187 e. The van der Waals surface area contributed by atoms with Gasteiger partial charge in [-0.05, 0) is 0 Å². The van der Waals surface area contributed by atoms with E-state index in [0.29, 0.717) is 0 Å². The minimum atomic E-state index is -2.16. The molecule has 5 saturated heterocycles. The molecule has 328 valence electrons. The highest BCUT2D eigenvalue weighted by Crippen LogP contribution is 2.36. The van der Waals surface area contributed by atoms with Gasteiger partial charge in [0.15, 0.2) is 31.5 Å². The second kappa shape index (κ2) is 19.6. The van der Waals surface area contributed by atoms with E-state index in [1.807, 2.05) is 0 Å². The monoisotopic (exact) mass is 828 g/mol. The normalized spacial score (nSPS) is 53.2. The van der Waals surface area contributed by atoms with Gasteiger partial charge in [0, 0.05) is 0 Å². The fourth-order valence-corrected chi connectivity index (χ4v) is 6.95. The average Bonchev–Trinajstić information content (AvgIpc) is 3.19. The van der Waals surface area contributed by atoms with Gasteiger partial charge in [-0.2, -0.15) is 0 Å². The Balaban J connectivity index is 1.45. The first-order valence-electron chi connectivity index (χ1n) is 17.6. The lowest BCUT2D eigenvalue weighted by molar-refractivity contribution is -0.412. The van der Waals surface area contributed by atoms with Gasteiger partial charge in [-0.3, -0.25) is 0 Å². The lowest BCUT2D eigenvalue weighted by atomic mass is 9.95. The molecule has 0 aromatic carbocycles. The highest BCUT2D eigenvalue weighted by atomic mass is 16.8. The first kappa shape index (κ1) is 46.0. The molecular weight excluding hydrogens is 776 g/mol. The molecule has 0 aliphatic carbocycles. The standard InChI is InChI=1S/C30H52O26/c31-1-6-12(37)17(42)22(26(47)48-6)53-28-24(19(44)14(39)8(3-33)50-28)55-30-25(20(45)15(40)10(5-35)52-30)56-29-23(18(43)13(38)9(4-34)51-29)54-27-21(46)16(41)11(36)7(2-32)49-27/h6-47H,1-5H2/t6-,7-,8-,9-,10-,11-,12-,13-,14-,15-,16+,17+,18+,19+,20+,21+,22+,23+,24+,25+,26?,27+,28+,29+,30+/m1/s1. The van der Waals surface area contributed by atoms with Crippen molar-refractivity contribution in [2.24, 2.45) is 0 Å². The summed E-state index contributed by atoms with van der Waals surface area (Å²) in [5.41, 5.74) is 0. The van der Waals surface area contributed by atoms with Gasteiger partial charge in [-0.1, -0.05) is 0 Å². The summed E-state index contributed by atoms with van der Waals surface area (Å²) in [5, 5.41) is 177. The largest absolute Gasteiger partial charge is 0.394 e. The molecule has 26 heteroatoms. The summed E-state index contributed by atoms with van der Waals surface area (Å²) in [4.78, 5) is 0. The summed E-state index contributed by atoms with van der Waals surface area (Å²) in [6.07, 6.45) is -48.2. The molecule has 5 fully saturated rings. The molecule has 0 amide bonds. The van der Waals surface area contributed by atoms with Crippen LogP contribution in [0.25, 0.3) is 0 Å². The SMILES string of the molecule is OC[C@H]1O[C@@H](O[C@@H]2[C@H](O[C@@H]3[C@H](O[C@@H]4[C@H](O[C@@H]5C(O)O[C@H](CO)[C@@H](O)[C@@H]5O)O[C@H](CO)[C@@H](O)[C@@H]4O)O[C@H](CO)[C@@H](O)[C@@H]3O)O[C@H](CO)[C@@H](O)[C@@H]2O)[C@@H](O)[C@@H](O)[C@@H]1O. The Labute approximate surface area is 316 Å². The Morgan fingerprint density at radius 2 is 0.518 bits per heavy atom. The molecule has 17 N–H and O–H groups in total. The molecule has 0 radical (unpaired) electrons. The van der Waals surface area contributed by atoms with Gasteiger partial charge in [0.2, 0.25) is 0 Å². The van der Waals surface area contributed by atoms with Crippen LogP contribution in [0.4, 0.5) is 0 Å². The summed E-state index contributed by atoms with van der Waals surface area (Å²) < 4.78 is 50.2. The van der Waals surface area contributed by atoms with Crippen molar-refractivity contribution in [3.05, 3.63) is 0 Å². The Hall–Kier alpha value is -1.04. The fourth-order valence-electron chi connectivity index (χ4n) is 6.95. The summed E-state index contributed by atoms with van der Waals surface area (Å²) in [6.45, 7) is -4.60. The van der Waals surface area contributed by atoms with Crippen molar-refractivity contribution in [2.45, 2.75) is 154 Å². The van der Waals surface area contributed by atoms with Gasteiger partial charge >= 0.3 is 0 Å². The Morgan fingerprint density at radius 3 is 0.857 bits per heavy atom. The van der Waals surface area contributed by atoms with Gasteiger partial charge in [-0.15, -0.1) is 0 Å². The van der Waals surface area contributed by atoms with Crippen LogP contribution in [0, 0.1) is 0 Å². The van der Waals surface area contributed by atoms with E-state index in [-0.39, 0.29) is 0 Å². The number of hydrogen-bond donors (Lipinski definition) is 17. The van der Waals surface area contributed by atoms with Crippen LogP contribution in [0.5, 0.6) is 0 Å². The van der Waals surface area contributed by atoms with Crippen molar-refractivity contribution < 1.29 is 129 Å². The molecular formula is C30H52O26. The van der Waals surface area contributed by atoms with Crippen molar-refractivity contribution in [3.8, 4) is 0 Å². The average molecular weight is 829 g/mol. The number of ether oxygens (including phenoxy) is 9. The maximum atomic E-state index is 11.3. The van der Waals surface area contributed by atoms with Crippen LogP contribution in [0.3, 0.4) is 0 Å². The molecule has 5 aliphatic rings. The van der Waals surface area contributed by atoms with Crippen LogP contribution in [-0.4, -0.2) is 273 Å². The zero-order chi connectivity index (χ0) is 41.3. The first-order valence-corrected chi connectivity index (χ1v) is 17.6. The van der Waals surface area contributed by atoms with Crippen LogP contribution >= 0.6 is 0 Å². The molecule has 0 saturated carbocycles. The van der Waals surface area contributed by atoms with E-state index in [1.54, 1.807) is 0 Å². The number of aliphatic hydroxyl groups excluding tert-OH is 17. The molecule has 0 aromatic heterocycles. The van der Waals surface area contributed by atoms with Crippen molar-refractivity contribution in [1.82, 2.24) is 0 Å². The van der Waals surface area contributed by atoms with E-state index in [9.17, 15) is 86.8 Å². The third-order valence-corrected chi connectivity index (χ3v) is 10.3. The van der Waals surface area contributed by atoms with E-state index in [1.165, 1.54) is 0 Å². The van der Waals surface area contributed by atoms with Gasteiger partial charge < -0.3 is 129 Å². The van der Waals surface area contributed by atoms with Crippen LogP contribution in [0.15, 0.2) is 0 Å². The zero-order valence-corrected chi connectivity index (χ0v) is 29.2. The molecule has 0 aromatic rings. The first-order chi connectivity index (χ1) is 26.5. The lowest BCUT2D eigenvalue weighted by Crippen LogP contribution is -2.68. The number of hydrogen-bond acceptors (Lipinski definition) is 26. The van der Waals surface area contributed by atoms with E-state index >= 15 is 0 Å². The molecule has 0 bridgehead atoms. The van der Waals surface area contributed by atoms with E-state index in [0.717, 1.165) is 0 Å². The summed E-state index contributed by atoms with van der Waals surface area (Å²) in [6, 6.07) is 0. The fraction of sp³-hybridized carbons (Fsp3) is 1.00. The Bertz CT molecular complexity index is 1210. The van der Waals surface area contributed by atoms with Crippen LogP contribution in [-0.2, 0) is 42.6 Å². The molecule has 56 heavy (non-hydrogen) atoms.